The summed E-state index contributed by atoms with van der Waals surface area (Å²) in [6.45, 7) is 9.44. The second-order valence-electron chi connectivity index (χ2n) is 18.6. The number of allylic oxidation sites excluding steroid dienone is 2. The van der Waals surface area contributed by atoms with Gasteiger partial charge in [-0.2, -0.15) is 0 Å². The molecule has 5 fully saturated rings. The summed E-state index contributed by atoms with van der Waals surface area (Å²) in [6.07, 6.45) is 1.93. The summed E-state index contributed by atoms with van der Waals surface area (Å²) in [5.41, 5.74) is 0.822. The van der Waals surface area contributed by atoms with Crippen molar-refractivity contribution in [3.05, 3.63) is 83.0 Å². The predicted octanol–water partition coefficient (Wildman–Crippen LogP) is 4.26. The lowest BCUT2D eigenvalue weighted by atomic mass is 9.71. The number of rotatable bonds is 7. The molecule has 6 heterocycles. The van der Waals surface area contributed by atoms with Gasteiger partial charge in [0.2, 0.25) is 0 Å². The SMILES string of the molecule is CO[C@H]1C[C@H](O[C@H]2[C@H](C)O[C@@H](O[C@@H]3/C(C)=C/C[C@@H]4C[C@@H](C[C@]5(CS(=O)C[C@@H](c6ccccc6)O5)O4)OC(=O)[C@@H]4C=C(C)[C@@H](O)[C@H]5OC/C(=C\C=C\[C@@H]3C)[C@]54O)C[C@@H]2OC)O[C@@H](C)[C@@H]1O. The van der Waals surface area contributed by atoms with Crippen LogP contribution < -0.4 is 0 Å². The number of carbonyl (C=O) groups is 1. The van der Waals surface area contributed by atoms with Gasteiger partial charge in [-0.3, -0.25) is 9.00 Å². The molecule has 6 aliphatic heterocycles. The van der Waals surface area contributed by atoms with Crippen LogP contribution >= 0.6 is 0 Å². The highest BCUT2D eigenvalue weighted by atomic mass is 32.2. The Morgan fingerprint density at radius 1 is 0.875 bits per heavy atom. The van der Waals surface area contributed by atoms with Crippen molar-refractivity contribution in [3.8, 4) is 0 Å². The fourth-order valence-electron chi connectivity index (χ4n) is 10.6. The van der Waals surface area contributed by atoms with E-state index in [9.17, 15) is 24.3 Å². The van der Waals surface area contributed by atoms with E-state index in [1.165, 1.54) is 0 Å². The fourth-order valence-corrected chi connectivity index (χ4v) is 12.0. The van der Waals surface area contributed by atoms with E-state index in [0.717, 1.165) is 11.1 Å². The van der Waals surface area contributed by atoms with Crippen molar-refractivity contribution < 1.29 is 71.7 Å². The molecular formula is C48H66O15S. The molecule has 1 aliphatic carbocycles. The molecule has 1 spiro atoms. The van der Waals surface area contributed by atoms with E-state index in [4.69, 9.17) is 47.4 Å². The molecule has 16 heteroatoms. The first-order valence-corrected chi connectivity index (χ1v) is 24.2. The molecule has 2 bridgehead atoms. The highest BCUT2D eigenvalue weighted by Crippen LogP contribution is 2.47. The lowest BCUT2D eigenvalue weighted by Gasteiger charge is -2.48. The third kappa shape index (κ3) is 9.82. The molecule has 1 unspecified atom stereocenters. The second-order valence-corrected chi connectivity index (χ2v) is 20.1. The van der Waals surface area contributed by atoms with Gasteiger partial charge in [-0.25, -0.2) is 0 Å². The number of hydrogen-bond acceptors (Lipinski definition) is 15. The summed E-state index contributed by atoms with van der Waals surface area (Å²) >= 11 is 0. The van der Waals surface area contributed by atoms with Crippen LogP contribution in [0.15, 0.2) is 77.4 Å². The van der Waals surface area contributed by atoms with Gasteiger partial charge in [-0.15, -0.1) is 0 Å². The van der Waals surface area contributed by atoms with Crippen molar-refractivity contribution in [1.82, 2.24) is 0 Å². The molecule has 3 N–H and O–H groups in total. The van der Waals surface area contributed by atoms with Crippen LogP contribution in [0.5, 0.6) is 0 Å². The van der Waals surface area contributed by atoms with E-state index < -0.39 is 120 Å². The number of aliphatic hydroxyl groups excluding tert-OH is 2. The normalized spacial score (nSPS) is 47.6. The quantitative estimate of drug-likeness (QED) is 0.260. The van der Waals surface area contributed by atoms with Crippen molar-refractivity contribution >= 4 is 16.8 Å². The number of benzene rings is 1. The monoisotopic (exact) mass is 914 g/mol. The van der Waals surface area contributed by atoms with E-state index >= 15 is 0 Å². The molecule has 0 aromatic heterocycles. The van der Waals surface area contributed by atoms with Gasteiger partial charge in [-0.1, -0.05) is 67.6 Å². The molecule has 8 rings (SSSR count). The fraction of sp³-hybridized carbons (Fsp3) is 0.688. The zero-order valence-electron chi connectivity index (χ0n) is 37.8. The van der Waals surface area contributed by atoms with E-state index in [0.29, 0.717) is 42.6 Å². The van der Waals surface area contributed by atoms with Gasteiger partial charge in [0.05, 0.1) is 60.8 Å². The zero-order valence-corrected chi connectivity index (χ0v) is 38.6. The Hall–Kier alpha value is -2.68. The minimum absolute atomic E-state index is 0.00332. The number of carbonyl (C=O) groups excluding carboxylic acids is 1. The van der Waals surface area contributed by atoms with E-state index in [1.54, 1.807) is 40.2 Å². The average molecular weight is 915 g/mol. The topological polar surface area (TPSA) is 187 Å². The largest absolute Gasteiger partial charge is 0.462 e. The first-order chi connectivity index (χ1) is 30.6. The van der Waals surface area contributed by atoms with Crippen LogP contribution in [-0.2, 0) is 63.0 Å². The highest BCUT2D eigenvalue weighted by molar-refractivity contribution is 7.85. The predicted molar refractivity (Wildman–Crippen MR) is 233 cm³/mol. The molecular weight excluding hydrogens is 849 g/mol. The van der Waals surface area contributed by atoms with Gasteiger partial charge in [-0.05, 0) is 56.4 Å². The number of esters is 1. The minimum Gasteiger partial charge on any atom is -0.462 e. The molecule has 0 radical (unpaired) electrons. The molecule has 19 atom stereocenters. The van der Waals surface area contributed by atoms with Gasteiger partial charge in [0.1, 0.15) is 42.0 Å². The third-order valence-corrected chi connectivity index (χ3v) is 15.5. The van der Waals surface area contributed by atoms with E-state index in [-0.39, 0.29) is 24.7 Å². The van der Waals surface area contributed by atoms with E-state index in [1.807, 2.05) is 63.3 Å². The Balaban J connectivity index is 1.09. The molecule has 0 saturated carbocycles. The van der Waals surface area contributed by atoms with Crippen LogP contribution in [0.25, 0.3) is 0 Å². The van der Waals surface area contributed by atoms with Gasteiger partial charge >= 0.3 is 5.97 Å². The van der Waals surface area contributed by atoms with Crippen LogP contribution in [0.4, 0.5) is 0 Å². The van der Waals surface area contributed by atoms with Crippen molar-refractivity contribution in [2.75, 3.05) is 32.3 Å². The Morgan fingerprint density at radius 3 is 2.34 bits per heavy atom. The van der Waals surface area contributed by atoms with Crippen molar-refractivity contribution in [2.24, 2.45) is 11.8 Å². The lowest BCUT2D eigenvalue weighted by Crippen LogP contribution is -2.58. The number of fused-ring (bicyclic) bond motifs is 2. The average Bonchev–Trinajstić information content (AvgIpc) is 3.60. The summed E-state index contributed by atoms with van der Waals surface area (Å²) in [6, 6.07) is 9.62. The maximum Gasteiger partial charge on any atom is 0.316 e. The standard InChI is InChI=1S/C48H66O15S/c1-26-12-11-15-32-23-56-45-41(49)28(3)18-35(48(32,45)52)46(51)59-34-19-33(62-47(22-34)25-64(53)24-38(63-47)31-13-9-8-10-14-31)17-16-27(2)43(26)60-40-21-37(55-7)44(30(5)58-40)61-39-20-36(54-6)42(50)29(4)57-39/h8-16,18,26,29-30,33-45,49-50,52H,17,19-25H2,1-7H3/b12-11+,27-16+,32-15+/t26-,29-,30-,33+,34-,35-,36-,37-,38-,39-,40-,41+,42-,43-,44-,45+,47-,48+,64?/m0/s1. The molecule has 7 aliphatic rings. The highest BCUT2D eigenvalue weighted by Gasteiger charge is 2.60. The van der Waals surface area contributed by atoms with Crippen LogP contribution in [-0.4, -0.2) is 149 Å². The summed E-state index contributed by atoms with van der Waals surface area (Å²) in [5, 5.41) is 34.3. The summed E-state index contributed by atoms with van der Waals surface area (Å²) < 4.78 is 77.0. The van der Waals surface area contributed by atoms with Gasteiger partial charge in [0.25, 0.3) is 0 Å². The zero-order chi connectivity index (χ0) is 45.5. The number of ether oxygens (including phenoxy) is 10. The summed E-state index contributed by atoms with van der Waals surface area (Å²) in [7, 11) is 1.88. The first-order valence-electron chi connectivity index (χ1n) is 22.7. The number of aliphatic hydroxyl groups is 3. The van der Waals surface area contributed by atoms with Gasteiger partial charge in [0.15, 0.2) is 18.4 Å². The second kappa shape index (κ2) is 19.9. The van der Waals surface area contributed by atoms with Gasteiger partial charge in [0, 0.05) is 56.6 Å². The maximum absolute atomic E-state index is 14.4. The lowest BCUT2D eigenvalue weighted by molar-refractivity contribution is -0.318. The number of methoxy groups -OCH3 is 2. The molecule has 5 saturated heterocycles. The molecule has 64 heavy (non-hydrogen) atoms. The Labute approximate surface area is 378 Å². The van der Waals surface area contributed by atoms with Crippen LogP contribution in [0, 0.1) is 11.8 Å². The van der Waals surface area contributed by atoms with Crippen molar-refractivity contribution in [1.29, 1.82) is 0 Å². The number of hydrogen-bond donors (Lipinski definition) is 3. The van der Waals surface area contributed by atoms with Gasteiger partial charge < -0.3 is 62.7 Å². The van der Waals surface area contributed by atoms with Crippen LogP contribution in [0.3, 0.4) is 0 Å². The van der Waals surface area contributed by atoms with Crippen molar-refractivity contribution in [2.45, 2.75) is 164 Å². The molecule has 354 valence electrons. The smallest absolute Gasteiger partial charge is 0.316 e. The molecule has 15 nitrogen and oxygen atoms in total. The Kier molecular flexibility index (Phi) is 14.9. The Morgan fingerprint density at radius 2 is 1.59 bits per heavy atom. The molecule has 1 aromatic rings. The molecule has 1 aromatic carbocycles. The van der Waals surface area contributed by atoms with Crippen LogP contribution in [0.2, 0.25) is 0 Å². The van der Waals surface area contributed by atoms with Crippen molar-refractivity contribution in [3.63, 3.8) is 0 Å². The summed E-state index contributed by atoms with van der Waals surface area (Å²) in [5.74, 6) is -2.98. The first kappa shape index (κ1) is 47.8. The third-order valence-electron chi connectivity index (χ3n) is 14.1. The summed E-state index contributed by atoms with van der Waals surface area (Å²) in [4.78, 5) is 14.4. The Bertz CT molecular complexity index is 1960. The van der Waals surface area contributed by atoms with E-state index in [2.05, 4.69) is 6.08 Å². The molecule has 0 amide bonds. The van der Waals surface area contributed by atoms with Crippen LogP contribution in [0.1, 0.15) is 78.4 Å². The maximum atomic E-state index is 14.4. The minimum atomic E-state index is -1.89.